The molecule has 2 rings (SSSR count). The molecule has 1 atom stereocenters. The molecule has 20 heavy (non-hydrogen) atoms. The molecule has 2 aromatic heterocycles. The van der Waals surface area contributed by atoms with E-state index in [0.717, 1.165) is 39.3 Å². The summed E-state index contributed by atoms with van der Waals surface area (Å²) in [5, 5.41) is 7.84. The average Bonchev–Trinajstić information content (AvgIpc) is 2.96. The van der Waals surface area contributed by atoms with Gasteiger partial charge >= 0.3 is 0 Å². The Labute approximate surface area is 140 Å². The second-order valence-electron chi connectivity index (χ2n) is 4.49. The van der Waals surface area contributed by atoms with Crippen molar-refractivity contribution in [1.82, 2.24) is 20.1 Å². The molecule has 2 heterocycles. The summed E-state index contributed by atoms with van der Waals surface area (Å²) in [4.78, 5) is 4.41. The second-order valence-corrected chi connectivity index (χ2v) is 8.24. The van der Waals surface area contributed by atoms with Crippen LogP contribution in [-0.2, 0) is 13.0 Å². The number of thiophene rings is 1. The molecule has 0 aliphatic rings. The molecule has 0 radical (unpaired) electrons. The lowest BCUT2D eigenvalue weighted by molar-refractivity contribution is 0.498. The van der Waals surface area contributed by atoms with Gasteiger partial charge in [-0.25, -0.2) is 4.98 Å². The van der Waals surface area contributed by atoms with Gasteiger partial charge in [-0.05, 0) is 56.5 Å². The van der Waals surface area contributed by atoms with E-state index in [0.29, 0.717) is 0 Å². The summed E-state index contributed by atoms with van der Waals surface area (Å²) in [5.41, 5.74) is 1.27. The third-order valence-electron chi connectivity index (χ3n) is 3.03. The minimum absolute atomic E-state index is 0.247. The van der Waals surface area contributed by atoms with Crippen LogP contribution in [0.25, 0.3) is 0 Å². The minimum atomic E-state index is 0.247. The molecule has 0 aliphatic heterocycles. The van der Waals surface area contributed by atoms with Gasteiger partial charge in [0, 0.05) is 19.0 Å². The smallest absolute Gasteiger partial charge is 0.138 e. The van der Waals surface area contributed by atoms with Crippen LogP contribution in [0.4, 0.5) is 0 Å². The summed E-state index contributed by atoms with van der Waals surface area (Å²) >= 11 is 8.89. The van der Waals surface area contributed by atoms with Crippen molar-refractivity contribution in [2.45, 2.75) is 39.3 Å². The van der Waals surface area contributed by atoms with Gasteiger partial charge < -0.3 is 5.32 Å². The lowest BCUT2D eigenvalue weighted by atomic mass is 10.1. The van der Waals surface area contributed by atoms with E-state index in [-0.39, 0.29) is 6.04 Å². The summed E-state index contributed by atoms with van der Waals surface area (Å²) in [5.74, 6) is 1.03. The molecule has 1 unspecified atom stereocenters. The maximum absolute atomic E-state index is 4.41. The van der Waals surface area contributed by atoms with Gasteiger partial charge in [-0.15, -0.1) is 11.3 Å². The molecule has 0 bridgehead atoms. The van der Waals surface area contributed by atoms with Crippen molar-refractivity contribution >= 4 is 43.2 Å². The zero-order valence-corrected chi connectivity index (χ0v) is 15.6. The highest BCUT2D eigenvalue weighted by molar-refractivity contribution is 9.12. The largest absolute Gasteiger partial charge is 0.310 e. The Balaban J connectivity index is 2.21. The molecule has 2 aromatic rings. The third kappa shape index (κ3) is 3.90. The molecule has 0 spiro atoms. The highest BCUT2D eigenvalue weighted by Crippen LogP contribution is 2.36. The minimum Gasteiger partial charge on any atom is -0.310 e. The zero-order chi connectivity index (χ0) is 14.5. The van der Waals surface area contributed by atoms with Crippen molar-refractivity contribution in [2.75, 3.05) is 6.54 Å². The maximum atomic E-state index is 4.41. The highest BCUT2D eigenvalue weighted by Gasteiger charge is 2.19. The Hall–Kier alpha value is -0.240. The van der Waals surface area contributed by atoms with Gasteiger partial charge in [-0.3, -0.25) is 4.68 Å². The predicted molar refractivity (Wildman–Crippen MR) is 90.2 cm³/mol. The van der Waals surface area contributed by atoms with Gasteiger partial charge in [0.1, 0.15) is 12.2 Å². The molecule has 0 saturated heterocycles. The van der Waals surface area contributed by atoms with E-state index in [4.69, 9.17) is 0 Å². The molecule has 4 nitrogen and oxygen atoms in total. The van der Waals surface area contributed by atoms with Crippen molar-refractivity contribution in [2.24, 2.45) is 0 Å². The number of aromatic nitrogens is 3. The van der Waals surface area contributed by atoms with E-state index in [2.05, 4.69) is 67.2 Å². The number of nitrogens with zero attached hydrogens (tertiary/aromatic N) is 3. The van der Waals surface area contributed by atoms with Gasteiger partial charge in [-0.1, -0.05) is 13.8 Å². The third-order valence-corrected chi connectivity index (χ3v) is 5.41. The maximum Gasteiger partial charge on any atom is 0.138 e. The van der Waals surface area contributed by atoms with Crippen molar-refractivity contribution < 1.29 is 0 Å². The lowest BCUT2D eigenvalue weighted by Crippen LogP contribution is -2.24. The second kappa shape index (κ2) is 7.68. The first-order chi connectivity index (χ1) is 9.65. The molecule has 0 fully saturated rings. The number of aryl methyl sites for hydroxylation is 1. The fourth-order valence-corrected chi connectivity index (χ4v) is 5.13. The predicted octanol–water partition coefficient (Wildman–Crippen LogP) is 4.17. The van der Waals surface area contributed by atoms with Gasteiger partial charge in [0.25, 0.3) is 0 Å². The van der Waals surface area contributed by atoms with Crippen LogP contribution < -0.4 is 5.32 Å². The quantitative estimate of drug-likeness (QED) is 0.729. The average molecular weight is 422 g/mol. The van der Waals surface area contributed by atoms with Crippen LogP contribution in [0.15, 0.2) is 20.0 Å². The van der Waals surface area contributed by atoms with Crippen molar-refractivity contribution in [3.8, 4) is 0 Å². The highest BCUT2D eigenvalue weighted by atomic mass is 79.9. The summed E-state index contributed by atoms with van der Waals surface area (Å²) < 4.78 is 4.30. The Morgan fingerprint density at radius 3 is 2.80 bits per heavy atom. The zero-order valence-electron chi connectivity index (χ0n) is 11.6. The summed E-state index contributed by atoms with van der Waals surface area (Å²) in [6.45, 7) is 6.12. The molecule has 0 amide bonds. The van der Waals surface area contributed by atoms with Crippen LogP contribution in [0.2, 0.25) is 0 Å². The molecular weight excluding hydrogens is 404 g/mol. The lowest BCUT2D eigenvalue weighted by Gasteiger charge is -2.17. The molecule has 0 saturated carbocycles. The van der Waals surface area contributed by atoms with E-state index < -0.39 is 0 Å². The fraction of sp³-hybridized carbons (Fsp3) is 0.538. The van der Waals surface area contributed by atoms with Crippen LogP contribution in [-0.4, -0.2) is 21.3 Å². The Kier molecular flexibility index (Phi) is 6.20. The van der Waals surface area contributed by atoms with Crippen molar-refractivity contribution in [3.05, 3.63) is 31.4 Å². The number of hydrogen-bond donors (Lipinski definition) is 1. The summed E-state index contributed by atoms with van der Waals surface area (Å²) in [6.07, 6.45) is 3.55. The number of hydrogen-bond acceptors (Lipinski definition) is 4. The molecule has 1 N–H and O–H groups in total. The van der Waals surface area contributed by atoms with Gasteiger partial charge in [-0.2, -0.15) is 5.10 Å². The first-order valence-electron chi connectivity index (χ1n) is 6.70. The molecule has 110 valence electrons. The molecular formula is C13H18Br2N4S. The van der Waals surface area contributed by atoms with Gasteiger partial charge in [0.15, 0.2) is 0 Å². The van der Waals surface area contributed by atoms with Crippen LogP contribution in [0.3, 0.4) is 0 Å². The summed E-state index contributed by atoms with van der Waals surface area (Å²) in [7, 11) is 0. The van der Waals surface area contributed by atoms with Crippen LogP contribution in [0, 0.1) is 0 Å². The molecule has 7 heteroatoms. The van der Waals surface area contributed by atoms with E-state index in [1.165, 1.54) is 5.56 Å². The normalized spacial score (nSPS) is 12.8. The van der Waals surface area contributed by atoms with Crippen molar-refractivity contribution in [1.29, 1.82) is 0 Å². The van der Waals surface area contributed by atoms with Crippen LogP contribution in [0.1, 0.15) is 37.7 Å². The number of nitrogens with one attached hydrogen (secondary N) is 1. The van der Waals surface area contributed by atoms with E-state index in [9.17, 15) is 0 Å². The first kappa shape index (κ1) is 16.1. The summed E-state index contributed by atoms with van der Waals surface area (Å²) in [6, 6.07) is 2.42. The molecule has 0 aromatic carbocycles. The Morgan fingerprint density at radius 2 is 2.20 bits per heavy atom. The van der Waals surface area contributed by atoms with Crippen LogP contribution in [0.5, 0.6) is 0 Å². The standard InChI is InChI=1S/C13H18Br2N4S/c1-3-5-19-12(17-8-18-19)7-10(16-4-2)9-6-11(14)20-13(9)15/h6,8,10,16H,3-5,7H2,1-2H3. The van der Waals surface area contributed by atoms with E-state index in [1.807, 2.05) is 4.68 Å². The number of halogens is 2. The topological polar surface area (TPSA) is 42.7 Å². The monoisotopic (exact) mass is 420 g/mol. The SMILES string of the molecule is CCCn1ncnc1CC(NCC)c1cc(Br)sc1Br. The number of likely N-dealkylation sites (N-methyl/N-ethyl adjacent to an activating group) is 1. The van der Waals surface area contributed by atoms with Gasteiger partial charge in [0.2, 0.25) is 0 Å². The van der Waals surface area contributed by atoms with Crippen molar-refractivity contribution in [3.63, 3.8) is 0 Å². The number of rotatable bonds is 7. The van der Waals surface area contributed by atoms with E-state index in [1.54, 1.807) is 17.7 Å². The Bertz CT molecular complexity index is 552. The first-order valence-corrected chi connectivity index (χ1v) is 9.10. The van der Waals surface area contributed by atoms with E-state index >= 15 is 0 Å². The Morgan fingerprint density at radius 1 is 1.40 bits per heavy atom. The molecule has 0 aliphatic carbocycles. The van der Waals surface area contributed by atoms with Crippen LogP contribution >= 0.6 is 43.2 Å². The fourth-order valence-electron chi connectivity index (χ4n) is 2.16. The van der Waals surface area contributed by atoms with Gasteiger partial charge in [0.05, 0.1) is 7.57 Å².